The van der Waals surface area contributed by atoms with Crippen molar-refractivity contribution in [3.63, 3.8) is 0 Å². The zero-order chi connectivity index (χ0) is 13.5. The Morgan fingerprint density at radius 1 is 1.32 bits per heavy atom. The van der Waals surface area contributed by atoms with E-state index >= 15 is 0 Å². The van der Waals surface area contributed by atoms with E-state index in [0.29, 0.717) is 6.04 Å². The van der Waals surface area contributed by atoms with Crippen molar-refractivity contribution in [3.05, 3.63) is 0 Å². The van der Waals surface area contributed by atoms with E-state index in [1.165, 1.54) is 25.7 Å². The van der Waals surface area contributed by atoms with Crippen molar-refractivity contribution in [1.82, 2.24) is 30.4 Å². The SMILES string of the molecule is CN(C)CCNCCSc1nnnn1C1CCCC1. The number of likely N-dealkylation sites (N-methyl/N-ethyl adjacent to an activating group) is 1. The predicted molar refractivity (Wildman–Crippen MR) is 77.5 cm³/mol. The van der Waals surface area contributed by atoms with Gasteiger partial charge in [0.1, 0.15) is 0 Å². The number of nitrogens with one attached hydrogen (secondary N) is 1. The second-order valence-corrected chi connectivity index (χ2v) is 6.31. The summed E-state index contributed by atoms with van der Waals surface area (Å²) in [5.41, 5.74) is 0. The molecule has 0 amide bonds. The highest BCUT2D eigenvalue weighted by Gasteiger charge is 2.21. The largest absolute Gasteiger partial charge is 0.315 e. The average molecular weight is 284 g/mol. The molecular weight excluding hydrogens is 260 g/mol. The average Bonchev–Trinajstić information content (AvgIpc) is 3.03. The highest BCUT2D eigenvalue weighted by Crippen LogP contribution is 2.31. The molecule has 0 aromatic carbocycles. The molecule has 0 unspecified atom stereocenters. The molecule has 0 bridgehead atoms. The molecule has 19 heavy (non-hydrogen) atoms. The van der Waals surface area contributed by atoms with Crippen LogP contribution in [0.15, 0.2) is 5.16 Å². The summed E-state index contributed by atoms with van der Waals surface area (Å²) in [6.07, 6.45) is 5.06. The van der Waals surface area contributed by atoms with Crippen molar-refractivity contribution in [1.29, 1.82) is 0 Å². The van der Waals surface area contributed by atoms with Crippen LogP contribution in [0.3, 0.4) is 0 Å². The lowest BCUT2D eigenvalue weighted by atomic mass is 10.3. The number of hydrogen-bond donors (Lipinski definition) is 1. The third-order valence-electron chi connectivity index (χ3n) is 3.38. The lowest BCUT2D eigenvalue weighted by Gasteiger charge is -2.11. The Bertz CT molecular complexity index is 361. The monoisotopic (exact) mass is 284 g/mol. The van der Waals surface area contributed by atoms with Gasteiger partial charge < -0.3 is 10.2 Å². The zero-order valence-corrected chi connectivity index (χ0v) is 12.7. The zero-order valence-electron chi connectivity index (χ0n) is 11.9. The van der Waals surface area contributed by atoms with E-state index in [-0.39, 0.29) is 0 Å². The third-order valence-corrected chi connectivity index (χ3v) is 4.31. The summed E-state index contributed by atoms with van der Waals surface area (Å²) in [5.74, 6) is 1.01. The standard InChI is InChI=1S/C12H24N6S/c1-17(2)9-7-13-8-10-19-12-14-15-16-18(12)11-5-3-4-6-11/h11,13H,3-10H2,1-2H3. The molecule has 1 N–H and O–H groups in total. The van der Waals surface area contributed by atoms with Crippen LogP contribution in [0.2, 0.25) is 0 Å². The van der Waals surface area contributed by atoms with Crippen LogP contribution in [0.4, 0.5) is 0 Å². The highest BCUT2D eigenvalue weighted by molar-refractivity contribution is 7.99. The Balaban J connectivity index is 1.67. The molecule has 0 atom stereocenters. The summed E-state index contributed by atoms with van der Waals surface area (Å²) in [6.45, 7) is 3.10. The van der Waals surface area contributed by atoms with Crippen molar-refractivity contribution in [2.45, 2.75) is 36.9 Å². The number of nitrogens with zero attached hydrogens (tertiary/aromatic N) is 5. The van der Waals surface area contributed by atoms with Crippen LogP contribution >= 0.6 is 11.8 Å². The normalized spacial score (nSPS) is 16.6. The molecule has 1 fully saturated rings. The first-order valence-electron chi connectivity index (χ1n) is 7.03. The fraction of sp³-hybridized carbons (Fsp3) is 0.917. The van der Waals surface area contributed by atoms with Gasteiger partial charge in [0.05, 0.1) is 6.04 Å². The van der Waals surface area contributed by atoms with Crippen LogP contribution in [-0.2, 0) is 0 Å². The van der Waals surface area contributed by atoms with Crippen molar-refractivity contribution >= 4 is 11.8 Å². The van der Waals surface area contributed by atoms with Crippen molar-refractivity contribution in [2.24, 2.45) is 0 Å². The minimum absolute atomic E-state index is 0.527. The van der Waals surface area contributed by atoms with Crippen LogP contribution in [0, 0.1) is 0 Å². The maximum Gasteiger partial charge on any atom is 0.209 e. The first-order valence-corrected chi connectivity index (χ1v) is 8.02. The summed E-state index contributed by atoms with van der Waals surface area (Å²) in [7, 11) is 4.18. The van der Waals surface area contributed by atoms with E-state index in [1.54, 1.807) is 11.8 Å². The second kappa shape index (κ2) is 7.81. The minimum atomic E-state index is 0.527. The second-order valence-electron chi connectivity index (χ2n) is 5.25. The van der Waals surface area contributed by atoms with Gasteiger partial charge in [-0.25, -0.2) is 4.68 Å². The maximum absolute atomic E-state index is 4.14. The molecule has 0 radical (unpaired) electrons. The molecule has 1 aliphatic carbocycles. The Morgan fingerprint density at radius 3 is 2.84 bits per heavy atom. The summed E-state index contributed by atoms with van der Waals surface area (Å²) >= 11 is 1.75. The van der Waals surface area contributed by atoms with Crippen LogP contribution in [-0.4, -0.2) is 64.6 Å². The molecule has 1 aromatic rings. The van der Waals surface area contributed by atoms with E-state index in [0.717, 1.165) is 30.5 Å². The maximum atomic E-state index is 4.14. The van der Waals surface area contributed by atoms with Crippen molar-refractivity contribution in [2.75, 3.05) is 39.5 Å². The third kappa shape index (κ3) is 4.74. The smallest absolute Gasteiger partial charge is 0.209 e. The molecule has 1 aromatic heterocycles. The molecule has 1 aliphatic rings. The molecule has 1 heterocycles. The van der Waals surface area contributed by atoms with Gasteiger partial charge in [0.25, 0.3) is 0 Å². The number of aromatic nitrogens is 4. The molecule has 7 heteroatoms. The van der Waals surface area contributed by atoms with E-state index < -0.39 is 0 Å². The summed E-state index contributed by atoms with van der Waals surface area (Å²) in [4.78, 5) is 2.18. The fourth-order valence-corrected chi connectivity index (χ4v) is 3.14. The van der Waals surface area contributed by atoms with Crippen molar-refractivity contribution in [3.8, 4) is 0 Å². The van der Waals surface area contributed by atoms with Crippen LogP contribution in [0.1, 0.15) is 31.7 Å². The van der Waals surface area contributed by atoms with E-state index in [9.17, 15) is 0 Å². The predicted octanol–water partition coefficient (Wildman–Crippen LogP) is 1.03. The quantitative estimate of drug-likeness (QED) is 0.568. The Morgan fingerprint density at radius 2 is 2.11 bits per heavy atom. The van der Waals surface area contributed by atoms with E-state index in [4.69, 9.17) is 0 Å². The number of rotatable bonds is 8. The summed E-state index contributed by atoms with van der Waals surface area (Å²) in [6, 6.07) is 0.527. The van der Waals surface area contributed by atoms with Gasteiger partial charge in [-0.2, -0.15) is 0 Å². The topological polar surface area (TPSA) is 58.9 Å². The van der Waals surface area contributed by atoms with E-state index in [1.807, 2.05) is 4.68 Å². The van der Waals surface area contributed by atoms with Crippen LogP contribution in [0.5, 0.6) is 0 Å². The Hall–Kier alpha value is -0.660. The van der Waals surface area contributed by atoms with Gasteiger partial charge in [-0.3, -0.25) is 0 Å². The minimum Gasteiger partial charge on any atom is -0.315 e. The Kier molecular flexibility index (Phi) is 6.06. The van der Waals surface area contributed by atoms with Crippen molar-refractivity contribution < 1.29 is 0 Å². The van der Waals surface area contributed by atoms with Crippen LogP contribution in [0.25, 0.3) is 0 Å². The van der Waals surface area contributed by atoms with Gasteiger partial charge in [-0.1, -0.05) is 24.6 Å². The first kappa shape index (κ1) is 14.7. The van der Waals surface area contributed by atoms with Gasteiger partial charge in [-0.05, 0) is 37.4 Å². The molecule has 6 nitrogen and oxygen atoms in total. The molecule has 2 rings (SSSR count). The highest BCUT2D eigenvalue weighted by atomic mass is 32.2. The molecule has 1 saturated carbocycles. The molecule has 0 spiro atoms. The number of hydrogen-bond acceptors (Lipinski definition) is 6. The summed E-state index contributed by atoms with van der Waals surface area (Å²) in [5, 5.41) is 16.5. The molecule has 108 valence electrons. The Labute approximate surface area is 119 Å². The molecule has 0 saturated heterocycles. The fourth-order valence-electron chi connectivity index (χ4n) is 2.30. The van der Waals surface area contributed by atoms with Gasteiger partial charge >= 0.3 is 0 Å². The summed E-state index contributed by atoms with van der Waals surface area (Å²) < 4.78 is 2.03. The molecule has 0 aliphatic heterocycles. The molecular formula is C12H24N6S. The van der Waals surface area contributed by atoms with Gasteiger partial charge in [-0.15, -0.1) is 5.10 Å². The van der Waals surface area contributed by atoms with E-state index in [2.05, 4.69) is 39.8 Å². The van der Waals surface area contributed by atoms with Gasteiger partial charge in [0, 0.05) is 25.4 Å². The lowest BCUT2D eigenvalue weighted by Crippen LogP contribution is -2.28. The van der Waals surface area contributed by atoms with Crippen LogP contribution < -0.4 is 5.32 Å². The van der Waals surface area contributed by atoms with Gasteiger partial charge in [0.15, 0.2) is 0 Å². The lowest BCUT2D eigenvalue weighted by molar-refractivity contribution is 0.403. The van der Waals surface area contributed by atoms with Gasteiger partial charge in [0.2, 0.25) is 5.16 Å². The number of tetrazole rings is 1. The first-order chi connectivity index (χ1) is 9.27. The number of thioether (sulfide) groups is 1.